The Morgan fingerprint density at radius 3 is 2.50 bits per heavy atom. The summed E-state index contributed by atoms with van der Waals surface area (Å²) in [6.07, 6.45) is 1.28. The number of pyridine rings is 1. The van der Waals surface area contributed by atoms with E-state index in [9.17, 15) is 19.2 Å². The van der Waals surface area contributed by atoms with E-state index in [0.29, 0.717) is 31.1 Å². The number of nitrogens with one attached hydrogen (secondary N) is 1. The minimum atomic E-state index is -0.634. The SMILES string of the molecule is CC(C)(C)OC(=O)N1CCC(COc2cccc(-n3c(N)c4c(cc3=O)C(=O)NC4=O)c2)CC1. The van der Waals surface area contributed by atoms with E-state index in [0.717, 1.165) is 18.9 Å². The first-order valence-corrected chi connectivity index (χ1v) is 11.2. The van der Waals surface area contributed by atoms with Gasteiger partial charge in [0.25, 0.3) is 17.4 Å². The van der Waals surface area contributed by atoms with Gasteiger partial charge in [-0.15, -0.1) is 0 Å². The number of imide groups is 1. The summed E-state index contributed by atoms with van der Waals surface area (Å²) in [7, 11) is 0. The lowest BCUT2D eigenvalue weighted by Crippen LogP contribution is -2.42. The molecule has 4 rings (SSSR count). The van der Waals surface area contributed by atoms with E-state index in [4.69, 9.17) is 15.2 Å². The topological polar surface area (TPSA) is 133 Å². The molecule has 34 heavy (non-hydrogen) atoms. The molecule has 0 aliphatic carbocycles. The Morgan fingerprint density at radius 2 is 1.82 bits per heavy atom. The molecule has 2 aliphatic rings. The van der Waals surface area contributed by atoms with Crippen LogP contribution in [0.4, 0.5) is 10.6 Å². The molecule has 0 radical (unpaired) electrons. The molecular formula is C24H28N4O6. The molecule has 3 heterocycles. The molecule has 1 fully saturated rings. The van der Waals surface area contributed by atoms with Crippen LogP contribution in [0.2, 0.25) is 0 Å². The summed E-state index contributed by atoms with van der Waals surface area (Å²) >= 11 is 0. The van der Waals surface area contributed by atoms with Crippen molar-refractivity contribution in [3.8, 4) is 11.4 Å². The number of rotatable bonds is 4. The van der Waals surface area contributed by atoms with Gasteiger partial charge in [-0.1, -0.05) is 6.07 Å². The van der Waals surface area contributed by atoms with Gasteiger partial charge in [-0.25, -0.2) is 4.79 Å². The van der Waals surface area contributed by atoms with Gasteiger partial charge in [0, 0.05) is 25.2 Å². The van der Waals surface area contributed by atoms with Crippen LogP contribution in [-0.4, -0.2) is 52.7 Å². The van der Waals surface area contributed by atoms with Crippen LogP contribution in [0, 0.1) is 5.92 Å². The minimum absolute atomic E-state index is 0.00679. The summed E-state index contributed by atoms with van der Waals surface area (Å²) in [5.74, 6) is -0.552. The fourth-order valence-corrected chi connectivity index (χ4v) is 4.08. The van der Waals surface area contributed by atoms with E-state index >= 15 is 0 Å². The maximum atomic E-state index is 12.6. The molecular weight excluding hydrogens is 440 g/mol. The number of nitrogen functional groups attached to an aromatic ring is 1. The fraction of sp³-hybridized carbons (Fsp3) is 0.417. The van der Waals surface area contributed by atoms with Crippen molar-refractivity contribution in [3.05, 3.63) is 51.8 Å². The number of hydrogen-bond acceptors (Lipinski definition) is 7. The number of anilines is 1. The first kappa shape index (κ1) is 23.3. The third-order valence-electron chi connectivity index (χ3n) is 5.78. The van der Waals surface area contributed by atoms with Crippen molar-refractivity contribution in [3.63, 3.8) is 0 Å². The number of hydrogen-bond donors (Lipinski definition) is 2. The van der Waals surface area contributed by atoms with Crippen molar-refractivity contribution < 1.29 is 23.9 Å². The van der Waals surface area contributed by atoms with E-state index in [2.05, 4.69) is 5.32 Å². The van der Waals surface area contributed by atoms with Crippen molar-refractivity contribution in [2.75, 3.05) is 25.4 Å². The van der Waals surface area contributed by atoms with Gasteiger partial charge in [0.1, 0.15) is 17.2 Å². The first-order chi connectivity index (χ1) is 16.0. The Balaban J connectivity index is 1.42. The number of aromatic nitrogens is 1. The highest BCUT2D eigenvalue weighted by Gasteiger charge is 2.32. The molecule has 3 amide bonds. The smallest absolute Gasteiger partial charge is 0.410 e. The fourth-order valence-electron chi connectivity index (χ4n) is 4.08. The molecule has 180 valence electrons. The standard InChI is InChI=1S/C24H28N4O6/c1-24(2,3)34-23(32)27-9-7-14(8-10-27)13-33-16-6-4-5-15(11-16)28-18(29)12-17-19(20(28)25)22(31)26-21(17)30/h4-6,11-12,14H,7-10,13,25H2,1-3H3,(H,26,30,31). The normalized spacial score (nSPS) is 16.3. The van der Waals surface area contributed by atoms with Gasteiger partial charge in [-0.05, 0) is 51.7 Å². The number of benzene rings is 1. The predicted octanol–water partition coefficient (Wildman–Crippen LogP) is 2.33. The van der Waals surface area contributed by atoms with Crippen molar-refractivity contribution in [1.82, 2.24) is 14.8 Å². The summed E-state index contributed by atoms with van der Waals surface area (Å²) in [4.78, 5) is 50.5. The number of carbonyl (C=O) groups excluding carboxylic acids is 3. The maximum absolute atomic E-state index is 12.6. The summed E-state index contributed by atoms with van der Waals surface area (Å²) < 4.78 is 12.6. The third-order valence-corrected chi connectivity index (χ3v) is 5.78. The van der Waals surface area contributed by atoms with Crippen molar-refractivity contribution in [2.24, 2.45) is 5.92 Å². The molecule has 10 heteroatoms. The second-order valence-corrected chi connectivity index (χ2v) is 9.49. The van der Waals surface area contributed by atoms with Crippen LogP contribution < -0.4 is 21.3 Å². The molecule has 2 aromatic rings. The zero-order valence-electron chi connectivity index (χ0n) is 19.4. The van der Waals surface area contributed by atoms with Gasteiger partial charge in [0.15, 0.2) is 0 Å². The summed E-state index contributed by atoms with van der Waals surface area (Å²) in [6.45, 7) is 7.20. The van der Waals surface area contributed by atoms with E-state index in [1.165, 1.54) is 4.57 Å². The Bertz CT molecular complexity index is 1200. The molecule has 3 N–H and O–H groups in total. The summed E-state index contributed by atoms with van der Waals surface area (Å²) in [5, 5.41) is 2.15. The number of fused-ring (bicyclic) bond motifs is 1. The average molecular weight is 469 g/mol. The third kappa shape index (κ3) is 4.75. The molecule has 0 spiro atoms. The Kier molecular flexibility index (Phi) is 6.07. The lowest BCUT2D eigenvalue weighted by atomic mass is 9.98. The first-order valence-electron chi connectivity index (χ1n) is 11.2. The highest BCUT2D eigenvalue weighted by molar-refractivity contribution is 6.23. The van der Waals surface area contributed by atoms with Gasteiger partial charge in [0.05, 0.1) is 23.4 Å². The summed E-state index contributed by atoms with van der Waals surface area (Å²) in [5.41, 5.74) is 5.46. The van der Waals surface area contributed by atoms with Crippen LogP contribution >= 0.6 is 0 Å². The molecule has 0 unspecified atom stereocenters. The predicted molar refractivity (Wildman–Crippen MR) is 124 cm³/mol. The molecule has 0 bridgehead atoms. The van der Waals surface area contributed by atoms with Crippen LogP contribution in [0.1, 0.15) is 54.3 Å². The number of likely N-dealkylation sites (tertiary alicyclic amines) is 1. The Morgan fingerprint density at radius 1 is 1.12 bits per heavy atom. The highest BCUT2D eigenvalue weighted by Crippen LogP contribution is 2.26. The van der Waals surface area contributed by atoms with E-state index in [1.807, 2.05) is 20.8 Å². The van der Waals surface area contributed by atoms with Crippen LogP contribution in [0.25, 0.3) is 5.69 Å². The van der Waals surface area contributed by atoms with Crippen molar-refractivity contribution >= 4 is 23.7 Å². The van der Waals surface area contributed by atoms with E-state index in [1.54, 1.807) is 29.2 Å². The maximum Gasteiger partial charge on any atom is 0.410 e. The number of carbonyl (C=O) groups is 3. The average Bonchev–Trinajstić information content (AvgIpc) is 3.05. The van der Waals surface area contributed by atoms with Crippen LogP contribution in [0.5, 0.6) is 5.75 Å². The van der Waals surface area contributed by atoms with E-state index < -0.39 is 23.0 Å². The minimum Gasteiger partial charge on any atom is -0.493 e. The van der Waals surface area contributed by atoms with Crippen LogP contribution in [0.3, 0.4) is 0 Å². The molecule has 1 aromatic heterocycles. The molecule has 0 atom stereocenters. The zero-order chi connectivity index (χ0) is 24.6. The molecule has 0 saturated carbocycles. The van der Waals surface area contributed by atoms with Crippen molar-refractivity contribution in [1.29, 1.82) is 0 Å². The van der Waals surface area contributed by atoms with E-state index in [-0.39, 0.29) is 29.0 Å². The molecule has 10 nitrogen and oxygen atoms in total. The Hall–Kier alpha value is -3.82. The van der Waals surface area contributed by atoms with Crippen molar-refractivity contribution in [2.45, 2.75) is 39.2 Å². The van der Waals surface area contributed by atoms with Gasteiger partial charge in [0.2, 0.25) is 0 Å². The highest BCUT2D eigenvalue weighted by atomic mass is 16.6. The molecule has 1 saturated heterocycles. The number of piperidine rings is 1. The lowest BCUT2D eigenvalue weighted by molar-refractivity contribution is 0.0164. The lowest BCUT2D eigenvalue weighted by Gasteiger charge is -2.33. The van der Waals surface area contributed by atoms with Gasteiger partial charge in [-0.3, -0.25) is 24.3 Å². The number of nitrogens with two attached hydrogens (primary N) is 1. The molecule has 1 aromatic carbocycles. The second-order valence-electron chi connectivity index (χ2n) is 9.49. The quantitative estimate of drug-likeness (QED) is 0.658. The largest absolute Gasteiger partial charge is 0.493 e. The van der Waals surface area contributed by atoms with Crippen LogP contribution in [-0.2, 0) is 4.74 Å². The number of ether oxygens (including phenoxy) is 2. The van der Waals surface area contributed by atoms with Gasteiger partial charge >= 0.3 is 6.09 Å². The zero-order valence-corrected chi connectivity index (χ0v) is 19.4. The monoisotopic (exact) mass is 468 g/mol. The number of amides is 3. The number of nitrogens with zero attached hydrogens (tertiary/aromatic N) is 2. The van der Waals surface area contributed by atoms with Gasteiger partial charge < -0.3 is 20.1 Å². The second kappa shape index (κ2) is 8.85. The summed E-state index contributed by atoms with van der Waals surface area (Å²) in [6, 6.07) is 7.93. The molecule has 2 aliphatic heterocycles. The van der Waals surface area contributed by atoms with Gasteiger partial charge in [-0.2, -0.15) is 0 Å². The van der Waals surface area contributed by atoms with Crippen LogP contribution in [0.15, 0.2) is 35.1 Å². The Labute approximate surface area is 196 Å².